The van der Waals surface area contributed by atoms with E-state index in [1.807, 2.05) is 43.6 Å². The van der Waals surface area contributed by atoms with Gasteiger partial charge in [-0.3, -0.25) is 4.68 Å². The third-order valence-electron chi connectivity index (χ3n) is 5.94. The van der Waals surface area contributed by atoms with E-state index in [2.05, 4.69) is 20.2 Å². The molecule has 7 nitrogen and oxygen atoms in total. The molecule has 3 heterocycles. The van der Waals surface area contributed by atoms with Gasteiger partial charge in [0.05, 0.1) is 11.1 Å². The third kappa shape index (κ3) is 3.67. The molecule has 0 aliphatic carbocycles. The summed E-state index contributed by atoms with van der Waals surface area (Å²) in [6.45, 7) is 1.61. The van der Waals surface area contributed by atoms with Crippen LogP contribution >= 0.6 is 0 Å². The number of nitrogens with two attached hydrogens (primary N) is 1. The average molecular weight is 427 g/mol. The second kappa shape index (κ2) is 8.02. The number of hydrogen-bond acceptors (Lipinski definition) is 6. The summed E-state index contributed by atoms with van der Waals surface area (Å²) in [6.07, 6.45) is 3.72. The first-order valence-corrected chi connectivity index (χ1v) is 10.5. The first-order chi connectivity index (χ1) is 15.5. The summed E-state index contributed by atoms with van der Waals surface area (Å²) in [5.74, 6) is 0.184. The van der Waals surface area contributed by atoms with Crippen LogP contribution in [0, 0.1) is 17.1 Å². The number of aromatic nitrogens is 4. The van der Waals surface area contributed by atoms with Crippen LogP contribution in [0.15, 0.2) is 48.7 Å². The lowest BCUT2D eigenvalue weighted by Gasteiger charge is -2.31. The van der Waals surface area contributed by atoms with Gasteiger partial charge in [-0.05, 0) is 48.7 Å². The molecule has 5 rings (SSSR count). The highest BCUT2D eigenvalue weighted by molar-refractivity contribution is 5.88. The van der Waals surface area contributed by atoms with Crippen LogP contribution in [0.2, 0.25) is 0 Å². The van der Waals surface area contributed by atoms with E-state index < -0.39 is 5.82 Å². The normalized spacial score (nSPS) is 14.6. The Balaban J connectivity index is 1.64. The van der Waals surface area contributed by atoms with Crippen molar-refractivity contribution in [3.63, 3.8) is 0 Å². The first-order valence-electron chi connectivity index (χ1n) is 10.5. The molecular formula is C24H22FN7. The molecule has 2 aromatic heterocycles. The SMILES string of the molecule is Cn1cc2cc(-c3nnc(N4CCC(N)CC4)cc3-c3ccc(C#N)c(F)c3)ccc2n1. The minimum Gasteiger partial charge on any atom is -0.355 e. The highest BCUT2D eigenvalue weighted by Crippen LogP contribution is 2.34. The Labute approximate surface area is 184 Å². The van der Waals surface area contributed by atoms with Gasteiger partial charge >= 0.3 is 0 Å². The van der Waals surface area contributed by atoms with Crippen molar-refractivity contribution in [3.8, 4) is 28.5 Å². The van der Waals surface area contributed by atoms with Crippen molar-refractivity contribution in [2.24, 2.45) is 12.8 Å². The molecule has 1 fully saturated rings. The molecule has 1 saturated heterocycles. The maximum atomic E-state index is 14.5. The monoisotopic (exact) mass is 427 g/mol. The van der Waals surface area contributed by atoms with Crippen molar-refractivity contribution in [1.82, 2.24) is 20.0 Å². The van der Waals surface area contributed by atoms with E-state index in [0.29, 0.717) is 11.3 Å². The van der Waals surface area contributed by atoms with Crippen LogP contribution in [0.3, 0.4) is 0 Å². The molecule has 160 valence electrons. The van der Waals surface area contributed by atoms with E-state index in [1.165, 1.54) is 12.1 Å². The lowest BCUT2D eigenvalue weighted by atomic mass is 9.97. The van der Waals surface area contributed by atoms with E-state index in [9.17, 15) is 4.39 Å². The zero-order chi connectivity index (χ0) is 22.2. The number of anilines is 1. The molecule has 0 spiro atoms. The Hall–Kier alpha value is -3.83. The van der Waals surface area contributed by atoms with E-state index in [4.69, 9.17) is 11.0 Å². The molecule has 0 saturated carbocycles. The Kier molecular flexibility index (Phi) is 5.04. The molecule has 0 radical (unpaired) electrons. The van der Waals surface area contributed by atoms with Gasteiger partial charge in [-0.2, -0.15) is 10.4 Å². The molecule has 0 bridgehead atoms. The van der Waals surface area contributed by atoms with E-state index >= 15 is 0 Å². The third-order valence-corrected chi connectivity index (χ3v) is 5.94. The van der Waals surface area contributed by atoms with Gasteiger partial charge in [0.15, 0.2) is 5.82 Å². The molecule has 1 aliphatic rings. The topological polar surface area (TPSA) is 96.6 Å². The van der Waals surface area contributed by atoms with Crippen molar-refractivity contribution in [3.05, 3.63) is 60.0 Å². The highest BCUT2D eigenvalue weighted by atomic mass is 19.1. The maximum absolute atomic E-state index is 14.5. The zero-order valence-corrected chi connectivity index (χ0v) is 17.7. The largest absolute Gasteiger partial charge is 0.355 e. The van der Waals surface area contributed by atoms with Gasteiger partial charge in [-0.1, -0.05) is 12.1 Å². The van der Waals surface area contributed by atoms with Crippen LogP contribution in [0.25, 0.3) is 33.3 Å². The Morgan fingerprint density at radius 3 is 2.59 bits per heavy atom. The molecule has 4 aromatic rings. The standard InChI is InChI=1S/C24H22FN7/c1-31-14-18-10-16(4-5-22(18)30-31)24-20(15-2-3-17(13-26)21(25)11-15)12-23(28-29-24)32-8-6-19(27)7-9-32/h2-5,10-12,14,19H,6-9,27H2,1H3. The first kappa shape index (κ1) is 20.1. The summed E-state index contributed by atoms with van der Waals surface area (Å²) in [5.41, 5.74) is 9.87. The predicted molar refractivity (Wildman–Crippen MR) is 121 cm³/mol. The lowest BCUT2D eigenvalue weighted by molar-refractivity contribution is 0.497. The van der Waals surface area contributed by atoms with Gasteiger partial charge in [-0.15, -0.1) is 10.2 Å². The van der Waals surface area contributed by atoms with E-state index in [0.717, 1.165) is 53.8 Å². The van der Waals surface area contributed by atoms with Gasteiger partial charge in [-0.25, -0.2) is 4.39 Å². The van der Waals surface area contributed by atoms with E-state index in [1.54, 1.807) is 10.7 Å². The zero-order valence-electron chi connectivity index (χ0n) is 17.7. The van der Waals surface area contributed by atoms with Crippen LogP contribution in [0.1, 0.15) is 18.4 Å². The average Bonchev–Trinajstić information content (AvgIpc) is 3.18. The van der Waals surface area contributed by atoms with E-state index in [-0.39, 0.29) is 11.6 Å². The van der Waals surface area contributed by atoms with Crippen molar-refractivity contribution < 1.29 is 4.39 Å². The summed E-state index contributed by atoms with van der Waals surface area (Å²) in [4.78, 5) is 2.16. The molecule has 8 heteroatoms. The fourth-order valence-electron chi connectivity index (χ4n) is 4.17. The molecular weight excluding hydrogens is 405 g/mol. The fourth-order valence-corrected chi connectivity index (χ4v) is 4.17. The number of halogens is 1. The number of piperidine rings is 1. The van der Waals surface area contributed by atoms with Gasteiger partial charge in [0.25, 0.3) is 0 Å². The summed E-state index contributed by atoms with van der Waals surface area (Å²) in [7, 11) is 1.88. The lowest BCUT2D eigenvalue weighted by Crippen LogP contribution is -2.40. The summed E-state index contributed by atoms with van der Waals surface area (Å²) >= 11 is 0. The molecule has 0 unspecified atom stereocenters. The van der Waals surface area contributed by atoms with Crippen LogP contribution in [0.5, 0.6) is 0 Å². The number of hydrogen-bond donors (Lipinski definition) is 1. The summed E-state index contributed by atoms with van der Waals surface area (Å²) in [6, 6.07) is 14.6. The van der Waals surface area contributed by atoms with Crippen molar-refractivity contribution in [2.75, 3.05) is 18.0 Å². The molecule has 1 aliphatic heterocycles. The number of nitriles is 1. The number of nitrogens with zero attached hydrogens (tertiary/aromatic N) is 6. The highest BCUT2D eigenvalue weighted by Gasteiger charge is 2.21. The molecule has 0 atom stereocenters. The fraction of sp³-hybridized carbons (Fsp3) is 0.250. The second-order valence-electron chi connectivity index (χ2n) is 8.17. The Morgan fingerprint density at radius 1 is 1.06 bits per heavy atom. The van der Waals surface area contributed by atoms with Crippen molar-refractivity contribution in [1.29, 1.82) is 5.26 Å². The van der Waals surface area contributed by atoms with Crippen LogP contribution < -0.4 is 10.6 Å². The Morgan fingerprint density at radius 2 is 1.84 bits per heavy atom. The predicted octanol–water partition coefficient (Wildman–Crippen LogP) is 3.64. The Bertz CT molecular complexity index is 1350. The minimum absolute atomic E-state index is 0.0133. The van der Waals surface area contributed by atoms with Crippen LogP contribution in [0.4, 0.5) is 10.2 Å². The maximum Gasteiger partial charge on any atom is 0.151 e. The van der Waals surface area contributed by atoms with Crippen LogP contribution in [-0.4, -0.2) is 39.1 Å². The second-order valence-corrected chi connectivity index (χ2v) is 8.17. The van der Waals surface area contributed by atoms with Gasteiger partial charge in [0.1, 0.15) is 17.6 Å². The number of rotatable bonds is 3. The van der Waals surface area contributed by atoms with Gasteiger partial charge < -0.3 is 10.6 Å². The molecule has 32 heavy (non-hydrogen) atoms. The quantitative estimate of drug-likeness (QED) is 0.536. The minimum atomic E-state index is -0.555. The number of benzene rings is 2. The van der Waals surface area contributed by atoms with Crippen molar-refractivity contribution >= 4 is 16.7 Å². The number of aryl methyl sites for hydroxylation is 1. The number of fused-ring (bicyclic) bond motifs is 1. The van der Waals surface area contributed by atoms with Gasteiger partial charge in [0, 0.05) is 48.9 Å². The molecule has 2 N–H and O–H groups in total. The molecule has 2 aromatic carbocycles. The van der Waals surface area contributed by atoms with Crippen LogP contribution in [-0.2, 0) is 7.05 Å². The molecule has 0 amide bonds. The smallest absolute Gasteiger partial charge is 0.151 e. The summed E-state index contributed by atoms with van der Waals surface area (Å²) < 4.78 is 16.3. The van der Waals surface area contributed by atoms with Gasteiger partial charge in [0.2, 0.25) is 0 Å². The van der Waals surface area contributed by atoms with Crippen molar-refractivity contribution in [2.45, 2.75) is 18.9 Å². The summed E-state index contributed by atoms with van der Waals surface area (Å²) in [5, 5.41) is 23.6.